The van der Waals surface area contributed by atoms with E-state index in [9.17, 15) is 14.0 Å². The normalized spacial score (nSPS) is 20.4. The van der Waals surface area contributed by atoms with E-state index in [0.717, 1.165) is 49.1 Å². The summed E-state index contributed by atoms with van der Waals surface area (Å²) in [6, 6.07) is 4.50. The van der Waals surface area contributed by atoms with Gasteiger partial charge in [-0.15, -0.1) is 0 Å². The Hall–Kier alpha value is -2.41. The summed E-state index contributed by atoms with van der Waals surface area (Å²) < 4.78 is 20.8. The first kappa shape index (κ1) is 23.7. The van der Waals surface area contributed by atoms with Gasteiger partial charge in [-0.05, 0) is 81.2 Å². The molecule has 2 aromatic rings. The molecule has 8 heteroatoms. The molecule has 0 N–H and O–H groups in total. The Balaban J connectivity index is 1.38. The van der Waals surface area contributed by atoms with E-state index in [0.29, 0.717) is 43.6 Å². The van der Waals surface area contributed by atoms with Crippen molar-refractivity contribution in [2.75, 3.05) is 13.2 Å². The highest BCUT2D eigenvalue weighted by atomic mass is 35.5. The second-order valence-corrected chi connectivity index (χ2v) is 9.62. The molecule has 2 heterocycles. The van der Waals surface area contributed by atoms with E-state index < -0.39 is 0 Å². The summed E-state index contributed by atoms with van der Waals surface area (Å²) >= 11 is 6.02. The molecule has 33 heavy (non-hydrogen) atoms. The third kappa shape index (κ3) is 5.57. The second kappa shape index (κ2) is 10.2. The second-order valence-electron chi connectivity index (χ2n) is 9.19. The molecular weight excluding hydrogens is 445 g/mol. The van der Waals surface area contributed by atoms with Gasteiger partial charge in [0.05, 0.1) is 37.0 Å². The largest absolute Gasteiger partial charge is 0.466 e. The molecule has 0 unspecified atom stereocenters. The van der Waals surface area contributed by atoms with E-state index in [-0.39, 0.29) is 23.6 Å². The van der Waals surface area contributed by atoms with Crippen molar-refractivity contribution in [1.82, 2.24) is 14.7 Å². The van der Waals surface area contributed by atoms with Crippen LogP contribution in [0.3, 0.4) is 0 Å². The number of carbonyl (C=O) groups is 2. The number of esters is 1. The lowest BCUT2D eigenvalue weighted by Gasteiger charge is -2.31. The minimum absolute atomic E-state index is 0.0255. The highest BCUT2D eigenvalue weighted by molar-refractivity contribution is 6.30. The van der Waals surface area contributed by atoms with E-state index in [1.807, 2.05) is 23.4 Å². The Morgan fingerprint density at radius 3 is 2.67 bits per heavy atom. The summed E-state index contributed by atoms with van der Waals surface area (Å²) in [5.74, 6) is -0.0358. The van der Waals surface area contributed by atoms with E-state index in [1.54, 1.807) is 6.07 Å². The summed E-state index contributed by atoms with van der Waals surface area (Å²) in [5, 5.41) is 5.02. The average Bonchev–Trinajstić information content (AvgIpc) is 3.08. The van der Waals surface area contributed by atoms with Crippen LogP contribution >= 0.6 is 11.6 Å². The van der Waals surface area contributed by atoms with Crippen molar-refractivity contribution in [2.24, 2.45) is 11.8 Å². The zero-order chi connectivity index (χ0) is 23.5. The number of aryl methyl sites for hydroxylation is 1. The van der Waals surface area contributed by atoms with Gasteiger partial charge in [0.2, 0.25) is 5.91 Å². The van der Waals surface area contributed by atoms with Crippen LogP contribution in [0.15, 0.2) is 18.2 Å². The van der Waals surface area contributed by atoms with Crippen LogP contribution in [0.2, 0.25) is 5.02 Å². The predicted octanol–water partition coefficient (Wildman–Crippen LogP) is 4.68. The molecule has 0 spiro atoms. The lowest BCUT2D eigenvalue weighted by Crippen LogP contribution is -2.38. The number of hydrogen-bond acceptors (Lipinski definition) is 4. The highest BCUT2D eigenvalue weighted by Gasteiger charge is 2.31. The first-order chi connectivity index (χ1) is 15.8. The Morgan fingerprint density at radius 2 is 1.97 bits per heavy atom. The smallest absolute Gasteiger partial charge is 0.308 e. The molecule has 1 fully saturated rings. The van der Waals surface area contributed by atoms with Crippen molar-refractivity contribution >= 4 is 23.5 Å². The number of halogens is 2. The van der Waals surface area contributed by atoms with Crippen LogP contribution in [0.1, 0.15) is 61.5 Å². The quantitative estimate of drug-likeness (QED) is 0.569. The number of hydrogen-bond donors (Lipinski definition) is 0. The molecule has 6 nitrogen and oxygen atoms in total. The fourth-order valence-electron chi connectivity index (χ4n) is 5.13. The Labute approximate surface area is 199 Å². The summed E-state index contributed by atoms with van der Waals surface area (Å²) in [6.45, 7) is 5.82. The van der Waals surface area contributed by atoms with E-state index in [4.69, 9.17) is 16.3 Å². The molecule has 1 saturated carbocycles. The van der Waals surface area contributed by atoms with Gasteiger partial charge in [-0.2, -0.15) is 5.10 Å². The maximum absolute atomic E-state index is 13.8. The Bertz CT molecular complexity index is 1010. The minimum atomic E-state index is -0.371. The minimum Gasteiger partial charge on any atom is -0.466 e. The number of ether oxygens (including phenoxy) is 1. The highest BCUT2D eigenvalue weighted by Crippen LogP contribution is 2.33. The number of aromatic nitrogens is 2. The number of amides is 1. The molecule has 1 amide bonds. The van der Waals surface area contributed by atoms with Gasteiger partial charge in [0, 0.05) is 18.0 Å². The monoisotopic (exact) mass is 475 g/mol. The van der Waals surface area contributed by atoms with E-state index in [1.165, 1.54) is 17.7 Å². The Morgan fingerprint density at radius 1 is 1.21 bits per heavy atom. The number of rotatable bonds is 6. The average molecular weight is 476 g/mol. The van der Waals surface area contributed by atoms with Crippen LogP contribution in [0.5, 0.6) is 0 Å². The zero-order valence-corrected chi connectivity index (χ0v) is 20.0. The zero-order valence-electron chi connectivity index (χ0n) is 19.3. The van der Waals surface area contributed by atoms with Crippen LogP contribution in [0.4, 0.5) is 4.39 Å². The van der Waals surface area contributed by atoms with Crippen molar-refractivity contribution in [3.05, 3.63) is 51.6 Å². The molecule has 1 aromatic carbocycles. The van der Waals surface area contributed by atoms with Crippen LogP contribution < -0.4 is 0 Å². The van der Waals surface area contributed by atoms with Crippen LogP contribution in [0.25, 0.3) is 0 Å². The molecule has 1 aliphatic carbocycles. The van der Waals surface area contributed by atoms with E-state index >= 15 is 0 Å². The molecule has 1 aromatic heterocycles. The SMILES string of the molecule is CCOC(=O)[C@H]1CC[C@H](CC(=O)N2CCc3c(C)nn(Cc4cc(F)cc(Cl)c4)c3C2)CC1. The predicted molar refractivity (Wildman–Crippen MR) is 123 cm³/mol. The van der Waals surface area contributed by atoms with Gasteiger partial charge in [0.25, 0.3) is 0 Å². The summed E-state index contributed by atoms with van der Waals surface area (Å²) in [7, 11) is 0. The maximum Gasteiger partial charge on any atom is 0.308 e. The van der Waals surface area contributed by atoms with Crippen molar-refractivity contribution in [3.8, 4) is 0 Å². The maximum atomic E-state index is 13.8. The molecule has 0 bridgehead atoms. The fourth-order valence-corrected chi connectivity index (χ4v) is 5.38. The number of fused-ring (bicyclic) bond motifs is 1. The number of carbonyl (C=O) groups excluding carboxylic acids is 2. The molecule has 0 saturated heterocycles. The Kier molecular flexibility index (Phi) is 7.37. The third-order valence-corrected chi connectivity index (χ3v) is 7.10. The van der Waals surface area contributed by atoms with E-state index in [2.05, 4.69) is 5.10 Å². The molecule has 1 aliphatic heterocycles. The molecule has 4 rings (SSSR count). The lowest BCUT2D eigenvalue weighted by atomic mass is 9.80. The summed E-state index contributed by atoms with van der Waals surface area (Å²) in [5.41, 5.74) is 3.89. The van der Waals surface area contributed by atoms with Crippen LogP contribution in [-0.2, 0) is 33.8 Å². The third-order valence-electron chi connectivity index (χ3n) is 6.88. The molecule has 0 radical (unpaired) electrons. The van der Waals surface area contributed by atoms with Gasteiger partial charge in [-0.1, -0.05) is 11.6 Å². The van der Waals surface area contributed by atoms with Crippen LogP contribution in [0, 0.1) is 24.6 Å². The molecule has 178 valence electrons. The molecule has 2 aliphatic rings. The van der Waals surface area contributed by atoms with Gasteiger partial charge in [0.15, 0.2) is 0 Å². The van der Waals surface area contributed by atoms with Crippen LogP contribution in [-0.4, -0.2) is 39.7 Å². The van der Waals surface area contributed by atoms with Crippen molar-refractivity contribution in [2.45, 2.75) is 65.5 Å². The lowest BCUT2D eigenvalue weighted by molar-refractivity contribution is -0.149. The first-order valence-electron chi connectivity index (χ1n) is 11.8. The summed E-state index contributed by atoms with van der Waals surface area (Å²) in [4.78, 5) is 27.0. The summed E-state index contributed by atoms with van der Waals surface area (Å²) in [6.07, 6.45) is 4.63. The molecular formula is C25H31ClFN3O3. The van der Waals surface area contributed by atoms with Gasteiger partial charge < -0.3 is 9.64 Å². The van der Waals surface area contributed by atoms with Gasteiger partial charge in [-0.25, -0.2) is 4.39 Å². The van der Waals surface area contributed by atoms with Gasteiger partial charge >= 0.3 is 5.97 Å². The van der Waals surface area contributed by atoms with Crippen molar-refractivity contribution in [1.29, 1.82) is 0 Å². The first-order valence-corrected chi connectivity index (χ1v) is 12.2. The van der Waals surface area contributed by atoms with Gasteiger partial charge in [-0.3, -0.25) is 14.3 Å². The van der Waals surface area contributed by atoms with Crippen molar-refractivity contribution < 1.29 is 18.7 Å². The number of nitrogens with zero attached hydrogens (tertiary/aromatic N) is 3. The van der Waals surface area contributed by atoms with Gasteiger partial charge in [0.1, 0.15) is 5.82 Å². The fraction of sp³-hybridized carbons (Fsp3) is 0.560. The molecule has 0 atom stereocenters. The number of benzene rings is 1. The van der Waals surface area contributed by atoms with Crippen molar-refractivity contribution in [3.63, 3.8) is 0 Å². The topological polar surface area (TPSA) is 64.4 Å². The standard InChI is InChI=1S/C25H31ClFN3O3/c1-3-33-25(32)19-6-4-17(5-7-19)12-24(31)29-9-8-22-16(2)28-30(23(22)15-29)14-18-10-20(26)13-21(27)11-18/h10-11,13,17,19H,3-9,12,14-15H2,1-2H3/t17-,19-.